The molecule has 0 aromatic heterocycles. The summed E-state index contributed by atoms with van der Waals surface area (Å²) in [6.45, 7) is 3.91. The number of carbonyl (C=O) groups excluding carboxylic acids is 2. The second-order valence-corrected chi connectivity index (χ2v) is 3.82. The summed E-state index contributed by atoms with van der Waals surface area (Å²) >= 11 is 3.53. The highest BCUT2D eigenvalue weighted by Crippen LogP contribution is 2.01. The lowest BCUT2D eigenvalue weighted by Gasteiger charge is -2.21. The van der Waals surface area contributed by atoms with Crippen LogP contribution in [0.4, 0.5) is 0 Å². The molecular weight excluding hydrogens is 216 g/mol. The van der Waals surface area contributed by atoms with Crippen LogP contribution in [0.2, 0.25) is 0 Å². The number of nitrogens with one attached hydrogen (secondary N) is 2. The molecule has 0 saturated carbocycles. The molecule has 0 radical (unpaired) electrons. The largest absolute Gasteiger partial charge is 0.343 e. The number of carbonyl (C=O) groups is 2. The first-order chi connectivity index (χ1) is 7.06. The maximum absolute atomic E-state index is 11.6. The molecule has 2 atom stereocenters. The van der Waals surface area contributed by atoms with E-state index in [4.69, 9.17) is 0 Å². The molecular formula is C9H18N2O3S. The van der Waals surface area contributed by atoms with Gasteiger partial charge < -0.3 is 19.6 Å². The predicted octanol–water partition coefficient (Wildman–Crippen LogP) is -0.224. The summed E-state index contributed by atoms with van der Waals surface area (Å²) in [5, 5.41) is 5.44. The molecule has 0 aromatic rings. The molecule has 88 valence electrons. The zero-order chi connectivity index (χ0) is 11.8. The molecule has 5 nitrogen and oxygen atoms in total. The Hall–Kier alpha value is -0.590. The number of hydrogen-bond donors (Lipinski definition) is 3. The van der Waals surface area contributed by atoms with E-state index in [-0.39, 0.29) is 24.5 Å². The Bertz CT molecular complexity index is 212. The average Bonchev–Trinajstić information content (AvgIpc) is 2.17. The quantitative estimate of drug-likeness (QED) is 0.323. The van der Waals surface area contributed by atoms with Gasteiger partial charge in [-0.05, 0) is 25.9 Å². The Morgan fingerprint density at radius 2 is 2.13 bits per heavy atom. The van der Waals surface area contributed by atoms with Gasteiger partial charge in [-0.2, -0.15) is 0 Å². The highest BCUT2D eigenvalue weighted by Gasteiger charge is 2.22. The molecule has 0 heterocycles. The summed E-state index contributed by atoms with van der Waals surface area (Å²) < 4.78 is 4.50. The Kier molecular flexibility index (Phi) is 7.37. The average molecular weight is 234 g/mol. The van der Waals surface area contributed by atoms with Crippen LogP contribution in [0.1, 0.15) is 13.8 Å². The van der Waals surface area contributed by atoms with Crippen LogP contribution >= 0.6 is 12.9 Å². The predicted molar refractivity (Wildman–Crippen MR) is 60.6 cm³/mol. The molecule has 0 aromatic carbocycles. The van der Waals surface area contributed by atoms with Crippen LogP contribution in [0.5, 0.6) is 0 Å². The van der Waals surface area contributed by atoms with Crippen molar-refractivity contribution in [2.24, 2.45) is 5.92 Å². The SMILES string of the molecule is CNC(C(=O)NC(C=O)COS)C(C)C. The van der Waals surface area contributed by atoms with E-state index >= 15 is 0 Å². The third-order valence-corrected chi connectivity index (χ3v) is 2.16. The highest BCUT2D eigenvalue weighted by atomic mass is 32.1. The van der Waals surface area contributed by atoms with Gasteiger partial charge in [0.15, 0.2) is 0 Å². The van der Waals surface area contributed by atoms with Crippen LogP contribution in [0.3, 0.4) is 0 Å². The van der Waals surface area contributed by atoms with Crippen molar-refractivity contribution in [2.75, 3.05) is 13.7 Å². The van der Waals surface area contributed by atoms with E-state index in [0.717, 1.165) is 0 Å². The molecule has 0 spiro atoms. The fourth-order valence-electron chi connectivity index (χ4n) is 1.23. The molecule has 0 rings (SSSR count). The summed E-state index contributed by atoms with van der Waals surface area (Å²) in [5.41, 5.74) is 0. The normalized spacial score (nSPS) is 14.7. The smallest absolute Gasteiger partial charge is 0.238 e. The first kappa shape index (κ1) is 14.4. The molecule has 2 unspecified atom stereocenters. The maximum atomic E-state index is 11.6. The Labute approximate surface area is 95.6 Å². The van der Waals surface area contributed by atoms with Crippen LogP contribution in [-0.2, 0) is 13.8 Å². The van der Waals surface area contributed by atoms with Crippen LogP contribution in [0, 0.1) is 5.92 Å². The third-order valence-electron chi connectivity index (χ3n) is 2.01. The zero-order valence-corrected chi connectivity index (χ0v) is 10.1. The van der Waals surface area contributed by atoms with Gasteiger partial charge in [-0.25, -0.2) is 0 Å². The van der Waals surface area contributed by atoms with Gasteiger partial charge in [-0.3, -0.25) is 4.79 Å². The van der Waals surface area contributed by atoms with Crippen molar-refractivity contribution in [2.45, 2.75) is 25.9 Å². The van der Waals surface area contributed by atoms with E-state index < -0.39 is 6.04 Å². The summed E-state index contributed by atoms with van der Waals surface area (Å²) in [6.07, 6.45) is 0.626. The zero-order valence-electron chi connectivity index (χ0n) is 9.19. The molecule has 0 aliphatic heterocycles. The minimum Gasteiger partial charge on any atom is -0.343 e. The minimum atomic E-state index is -0.649. The minimum absolute atomic E-state index is 0.0624. The summed E-state index contributed by atoms with van der Waals surface area (Å²) in [5.74, 6) is -0.0609. The molecule has 15 heavy (non-hydrogen) atoms. The molecule has 0 fully saturated rings. The van der Waals surface area contributed by atoms with Gasteiger partial charge in [-0.1, -0.05) is 13.8 Å². The van der Waals surface area contributed by atoms with E-state index in [2.05, 4.69) is 27.7 Å². The van der Waals surface area contributed by atoms with Crippen molar-refractivity contribution in [1.82, 2.24) is 10.6 Å². The second-order valence-electron chi connectivity index (χ2n) is 3.56. The molecule has 2 N–H and O–H groups in total. The van der Waals surface area contributed by atoms with Crippen molar-refractivity contribution in [3.05, 3.63) is 0 Å². The van der Waals surface area contributed by atoms with E-state index in [0.29, 0.717) is 6.29 Å². The van der Waals surface area contributed by atoms with Crippen molar-refractivity contribution >= 4 is 25.1 Å². The Morgan fingerprint density at radius 3 is 2.47 bits per heavy atom. The lowest BCUT2D eigenvalue weighted by Crippen LogP contribution is -2.50. The van der Waals surface area contributed by atoms with Gasteiger partial charge in [0, 0.05) is 0 Å². The van der Waals surface area contributed by atoms with Crippen LogP contribution in [-0.4, -0.2) is 37.9 Å². The van der Waals surface area contributed by atoms with Gasteiger partial charge in [0.25, 0.3) is 0 Å². The van der Waals surface area contributed by atoms with E-state index in [1.165, 1.54) is 0 Å². The van der Waals surface area contributed by atoms with Crippen molar-refractivity contribution in [3.63, 3.8) is 0 Å². The third kappa shape index (κ3) is 5.15. The lowest BCUT2D eigenvalue weighted by molar-refractivity contribution is -0.126. The Balaban J connectivity index is 4.24. The second kappa shape index (κ2) is 7.67. The summed E-state index contributed by atoms with van der Waals surface area (Å²) in [4.78, 5) is 22.2. The monoisotopic (exact) mass is 234 g/mol. The number of hydrogen-bond acceptors (Lipinski definition) is 5. The van der Waals surface area contributed by atoms with Crippen LogP contribution < -0.4 is 10.6 Å². The fraction of sp³-hybridized carbons (Fsp3) is 0.778. The number of likely N-dealkylation sites (N-methyl/N-ethyl adjacent to an activating group) is 1. The molecule has 6 heteroatoms. The first-order valence-electron chi connectivity index (χ1n) is 4.76. The van der Waals surface area contributed by atoms with Crippen molar-refractivity contribution in [1.29, 1.82) is 0 Å². The Morgan fingerprint density at radius 1 is 1.53 bits per heavy atom. The number of rotatable bonds is 7. The van der Waals surface area contributed by atoms with E-state index in [1.807, 2.05) is 13.8 Å². The molecule has 0 aliphatic carbocycles. The molecule has 0 bridgehead atoms. The first-order valence-corrected chi connectivity index (χ1v) is 5.12. The number of thiol groups is 1. The van der Waals surface area contributed by atoms with Gasteiger partial charge in [0.2, 0.25) is 5.91 Å². The number of aldehydes is 1. The van der Waals surface area contributed by atoms with Crippen LogP contribution in [0.25, 0.3) is 0 Å². The van der Waals surface area contributed by atoms with Gasteiger partial charge in [0.05, 0.1) is 12.6 Å². The summed E-state index contributed by atoms with van der Waals surface area (Å²) in [6, 6.07) is -0.961. The molecule has 0 aliphatic rings. The van der Waals surface area contributed by atoms with E-state index in [1.54, 1.807) is 7.05 Å². The highest BCUT2D eigenvalue weighted by molar-refractivity contribution is 7.75. The number of amides is 1. The topological polar surface area (TPSA) is 67.4 Å². The lowest BCUT2D eigenvalue weighted by atomic mass is 10.0. The van der Waals surface area contributed by atoms with Crippen LogP contribution in [0.15, 0.2) is 0 Å². The maximum Gasteiger partial charge on any atom is 0.238 e. The van der Waals surface area contributed by atoms with E-state index in [9.17, 15) is 9.59 Å². The van der Waals surface area contributed by atoms with Gasteiger partial charge in [-0.15, -0.1) is 0 Å². The summed E-state index contributed by atoms with van der Waals surface area (Å²) in [7, 11) is 1.70. The van der Waals surface area contributed by atoms with Gasteiger partial charge >= 0.3 is 0 Å². The molecule has 0 saturated heterocycles. The van der Waals surface area contributed by atoms with Crippen molar-refractivity contribution in [3.8, 4) is 0 Å². The fourth-order valence-corrected chi connectivity index (χ4v) is 1.40. The standard InChI is InChI=1S/C9H18N2O3S/c1-6(2)8(10-3)9(13)11-7(4-12)5-14-15/h4,6-8,10,15H,5H2,1-3H3,(H,11,13). The molecule has 1 amide bonds. The van der Waals surface area contributed by atoms with Gasteiger partial charge in [0.1, 0.15) is 12.3 Å². The van der Waals surface area contributed by atoms with Crippen molar-refractivity contribution < 1.29 is 13.8 Å².